The smallest absolute Gasteiger partial charge is 0.391 e. The Kier molecular flexibility index (Phi) is 4.21. The van der Waals surface area contributed by atoms with Gasteiger partial charge in [-0.2, -0.15) is 13.2 Å². The van der Waals surface area contributed by atoms with E-state index in [2.05, 4.69) is 0 Å². The summed E-state index contributed by atoms with van der Waals surface area (Å²) in [7, 11) is 1.49. The second-order valence-electron chi connectivity index (χ2n) is 5.32. The summed E-state index contributed by atoms with van der Waals surface area (Å²) in [4.78, 5) is 0. The number of methoxy groups -OCH3 is 1. The van der Waals surface area contributed by atoms with Gasteiger partial charge >= 0.3 is 6.18 Å². The van der Waals surface area contributed by atoms with Crippen molar-refractivity contribution in [3.63, 3.8) is 0 Å². The van der Waals surface area contributed by atoms with Crippen LogP contribution < -0.4 is 10.5 Å². The first-order valence-electron chi connectivity index (χ1n) is 6.46. The molecule has 2 nitrogen and oxygen atoms in total. The molecule has 0 aromatic heterocycles. The maximum absolute atomic E-state index is 12.7. The Bertz CT molecular complexity index is 482. The molecular weight excluding hydrogens is 291 g/mol. The van der Waals surface area contributed by atoms with E-state index in [0.29, 0.717) is 23.6 Å². The minimum absolute atomic E-state index is 0.0605. The second kappa shape index (κ2) is 5.45. The zero-order valence-electron chi connectivity index (χ0n) is 11.1. The van der Waals surface area contributed by atoms with Gasteiger partial charge in [0.25, 0.3) is 0 Å². The Labute approximate surface area is 121 Å². The molecule has 1 aromatic rings. The summed E-state index contributed by atoms with van der Waals surface area (Å²) < 4.78 is 43.2. The molecule has 0 heterocycles. The second-order valence-corrected chi connectivity index (χ2v) is 5.73. The van der Waals surface area contributed by atoms with Gasteiger partial charge in [-0.3, -0.25) is 0 Å². The molecule has 0 amide bonds. The molecule has 0 atom stereocenters. The highest BCUT2D eigenvalue weighted by molar-refractivity contribution is 6.32. The zero-order chi connectivity index (χ0) is 15.0. The van der Waals surface area contributed by atoms with E-state index in [1.807, 2.05) is 0 Å². The Morgan fingerprint density at radius 1 is 1.30 bits per heavy atom. The van der Waals surface area contributed by atoms with Crippen LogP contribution in [0.4, 0.5) is 13.2 Å². The van der Waals surface area contributed by atoms with Gasteiger partial charge in [0.15, 0.2) is 0 Å². The number of alkyl halides is 3. The van der Waals surface area contributed by atoms with Crippen molar-refractivity contribution in [2.24, 2.45) is 11.7 Å². The van der Waals surface area contributed by atoms with Crippen molar-refractivity contribution in [3.05, 3.63) is 28.8 Å². The first-order chi connectivity index (χ1) is 9.26. The Balaban J connectivity index is 2.17. The fourth-order valence-electron chi connectivity index (χ4n) is 2.72. The van der Waals surface area contributed by atoms with Gasteiger partial charge in [0.05, 0.1) is 18.1 Å². The molecule has 112 valence electrons. The summed E-state index contributed by atoms with van der Waals surface area (Å²) in [6.45, 7) is 0. The summed E-state index contributed by atoms with van der Waals surface area (Å²) in [5, 5.41) is 0.462. The number of hydrogen-bond acceptors (Lipinski definition) is 2. The van der Waals surface area contributed by atoms with Gasteiger partial charge in [0, 0.05) is 5.54 Å². The maximum Gasteiger partial charge on any atom is 0.391 e. The first-order valence-corrected chi connectivity index (χ1v) is 6.84. The Morgan fingerprint density at radius 2 is 1.90 bits per heavy atom. The van der Waals surface area contributed by atoms with Crippen LogP contribution >= 0.6 is 11.6 Å². The number of ether oxygens (including phenoxy) is 1. The number of rotatable bonds is 2. The minimum atomic E-state index is -4.13. The van der Waals surface area contributed by atoms with Gasteiger partial charge in [0.2, 0.25) is 0 Å². The quantitative estimate of drug-likeness (QED) is 0.886. The van der Waals surface area contributed by atoms with Crippen LogP contribution in [0, 0.1) is 5.92 Å². The number of halogens is 4. The Hall–Kier alpha value is -0.940. The van der Waals surface area contributed by atoms with E-state index in [1.54, 1.807) is 18.2 Å². The SMILES string of the molecule is COc1cc(C2(N)CCC(C(F)(F)F)CC2)ccc1Cl. The van der Waals surface area contributed by atoms with Crippen LogP contribution in [0.1, 0.15) is 31.2 Å². The molecule has 20 heavy (non-hydrogen) atoms. The zero-order valence-corrected chi connectivity index (χ0v) is 11.9. The van der Waals surface area contributed by atoms with Gasteiger partial charge in [0.1, 0.15) is 5.75 Å². The molecule has 0 radical (unpaired) electrons. The third-order valence-electron chi connectivity index (χ3n) is 4.07. The molecule has 0 aliphatic heterocycles. The molecule has 0 spiro atoms. The molecule has 2 rings (SSSR count). The predicted molar refractivity (Wildman–Crippen MR) is 71.9 cm³/mol. The lowest BCUT2D eigenvalue weighted by molar-refractivity contribution is -0.184. The highest BCUT2D eigenvalue weighted by Gasteiger charge is 2.45. The van der Waals surface area contributed by atoms with Crippen molar-refractivity contribution in [3.8, 4) is 5.75 Å². The standard InChI is InChI=1S/C14H17ClF3NO/c1-20-12-8-10(2-3-11(12)15)13(19)6-4-9(5-7-13)14(16,17)18/h2-3,8-9H,4-7,19H2,1H3. The van der Waals surface area contributed by atoms with Crippen LogP contribution in [0.2, 0.25) is 5.02 Å². The summed E-state index contributed by atoms with van der Waals surface area (Å²) in [5.41, 5.74) is 6.33. The summed E-state index contributed by atoms with van der Waals surface area (Å²) in [6, 6.07) is 5.15. The summed E-state index contributed by atoms with van der Waals surface area (Å²) in [6.07, 6.45) is -3.39. The van der Waals surface area contributed by atoms with Crippen LogP contribution in [0.3, 0.4) is 0 Å². The molecule has 1 aliphatic carbocycles. The molecule has 0 unspecified atom stereocenters. The number of benzene rings is 1. The van der Waals surface area contributed by atoms with E-state index >= 15 is 0 Å². The van der Waals surface area contributed by atoms with E-state index in [-0.39, 0.29) is 12.8 Å². The molecular formula is C14H17ClF3NO. The van der Waals surface area contributed by atoms with E-state index in [4.69, 9.17) is 22.1 Å². The molecule has 1 fully saturated rings. The van der Waals surface area contributed by atoms with Crippen LogP contribution in [0.25, 0.3) is 0 Å². The van der Waals surface area contributed by atoms with Crippen LogP contribution in [0.5, 0.6) is 5.75 Å². The van der Waals surface area contributed by atoms with E-state index in [9.17, 15) is 13.2 Å². The minimum Gasteiger partial charge on any atom is -0.495 e. The van der Waals surface area contributed by atoms with Crippen molar-refractivity contribution in [1.82, 2.24) is 0 Å². The van der Waals surface area contributed by atoms with E-state index in [0.717, 1.165) is 5.56 Å². The molecule has 6 heteroatoms. The van der Waals surface area contributed by atoms with E-state index < -0.39 is 17.6 Å². The number of nitrogens with two attached hydrogens (primary N) is 1. The van der Waals surface area contributed by atoms with Gasteiger partial charge in [-0.05, 0) is 43.4 Å². The van der Waals surface area contributed by atoms with Crippen LogP contribution in [-0.4, -0.2) is 13.3 Å². The third-order valence-corrected chi connectivity index (χ3v) is 4.38. The van der Waals surface area contributed by atoms with Gasteiger partial charge in [-0.15, -0.1) is 0 Å². The predicted octanol–water partition coefficient (Wildman–Crippen LogP) is 4.26. The van der Waals surface area contributed by atoms with Crippen molar-refractivity contribution in [2.75, 3.05) is 7.11 Å². The van der Waals surface area contributed by atoms with Crippen LogP contribution in [-0.2, 0) is 5.54 Å². The molecule has 0 saturated heterocycles. The highest BCUT2D eigenvalue weighted by Crippen LogP contribution is 2.44. The van der Waals surface area contributed by atoms with Crippen LogP contribution in [0.15, 0.2) is 18.2 Å². The van der Waals surface area contributed by atoms with E-state index in [1.165, 1.54) is 7.11 Å². The van der Waals surface area contributed by atoms with Crippen molar-refractivity contribution < 1.29 is 17.9 Å². The lowest BCUT2D eigenvalue weighted by Crippen LogP contribution is -2.43. The lowest BCUT2D eigenvalue weighted by Gasteiger charge is -2.38. The molecule has 1 aromatic carbocycles. The summed E-state index contributed by atoms with van der Waals surface area (Å²) >= 11 is 5.95. The van der Waals surface area contributed by atoms with Crippen molar-refractivity contribution in [2.45, 2.75) is 37.4 Å². The highest BCUT2D eigenvalue weighted by atomic mass is 35.5. The number of hydrogen-bond donors (Lipinski definition) is 1. The lowest BCUT2D eigenvalue weighted by atomic mass is 9.73. The monoisotopic (exact) mass is 307 g/mol. The third kappa shape index (κ3) is 3.04. The average molecular weight is 308 g/mol. The molecule has 1 saturated carbocycles. The fraction of sp³-hybridized carbons (Fsp3) is 0.571. The molecule has 1 aliphatic rings. The normalized spacial score (nSPS) is 27.4. The largest absolute Gasteiger partial charge is 0.495 e. The topological polar surface area (TPSA) is 35.2 Å². The van der Waals surface area contributed by atoms with Gasteiger partial charge in [-0.25, -0.2) is 0 Å². The van der Waals surface area contributed by atoms with Crippen molar-refractivity contribution >= 4 is 11.6 Å². The Morgan fingerprint density at radius 3 is 2.40 bits per heavy atom. The maximum atomic E-state index is 12.7. The van der Waals surface area contributed by atoms with Gasteiger partial charge in [-0.1, -0.05) is 17.7 Å². The fourth-order valence-corrected chi connectivity index (χ4v) is 2.91. The van der Waals surface area contributed by atoms with Gasteiger partial charge < -0.3 is 10.5 Å². The first kappa shape index (κ1) is 15.4. The molecule has 0 bridgehead atoms. The average Bonchev–Trinajstić information content (AvgIpc) is 2.38. The molecule has 2 N–H and O–H groups in total. The summed E-state index contributed by atoms with van der Waals surface area (Å²) in [5.74, 6) is -0.750. The van der Waals surface area contributed by atoms with Crippen molar-refractivity contribution in [1.29, 1.82) is 0 Å².